The standard InChI is InChI=1S/C9H7N3OS/c1-12-14-7-3-6(5-10)9(11)8(4-7)13-2/h3-4H,11H2,2H3. The van der Waals surface area contributed by atoms with Crippen molar-refractivity contribution in [3.05, 3.63) is 28.5 Å². The number of nitrogen functional groups attached to an aromatic ring is 1. The molecule has 1 rings (SSSR count). The summed E-state index contributed by atoms with van der Waals surface area (Å²) >= 11 is 0.948. The second-order valence-corrected chi connectivity index (χ2v) is 3.22. The molecule has 0 radical (unpaired) electrons. The fourth-order valence-corrected chi connectivity index (χ4v) is 1.40. The number of hydrogen-bond acceptors (Lipinski definition) is 4. The Morgan fingerprint density at radius 2 is 2.36 bits per heavy atom. The van der Waals surface area contributed by atoms with E-state index in [0.717, 1.165) is 11.9 Å². The van der Waals surface area contributed by atoms with Gasteiger partial charge in [-0.2, -0.15) is 5.26 Å². The maximum Gasteiger partial charge on any atom is 0.294 e. The number of nitriles is 1. The molecule has 4 nitrogen and oxygen atoms in total. The molecule has 1 aromatic carbocycles. The summed E-state index contributed by atoms with van der Waals surface area (Å²) in [6.45, 7) is 6.68. The normalized spacial score (nSPS) is 8.79. The van der Waals surface area contributed by atoms with Crippen LogP contribution in [0.3, 0.4) is 0 Å². The van der Waals surface area contributed by atoms with Crippen molar-refractivity contribution in [2.45, 2.75) is 4.90 Å². The Balaban J connectivity index is 3.28. The molecule has 0 unspecified atom stereocenters. The van der Waals surface area contributed by atoms with Crippen molar-refractivity contribution in [3.63, 3.8) is 0 Å². The third-order valence-corrected chi connectivity index (χ3v) is 2.14. The number of nitrogens with two attached hydrogens (primary N) is 1. The highest BCUT2D eigenvalue weighted by molar-refractivity contribution is 8.01. The van der Waals surface area contributed by atoms with Crippen molar-refractivity contribution in [1.82, 2.24) is 0 Å². The molecule has 0 spiro atoms. The number of benzene rings is 1. The molecule has 0 heterocycles. The van der Waals surface area contributed by atoms with Crippen LogP contribution in [0.15, 0.2) is 17.0 Å². The van der Waals surface area contributed by atoms with Gasteiger partial charge in [-0.1, -0.05) is 0 Å². The van der Waals surface area contributed by atoms with Gasteiger partial charge in [0.15, 0.2) is 0 Å². The van der Waals surface area contributed by atoms with Crippen LogP contribution in [-0.4, -0.2) is 7.11 Å². The lowest BCUT2D eigenvalue weighted by molar-refractivity contribution is 0.416. The van der Waals surface area contributed by atoms with Gasteiger partial charge < -0.3 is 10.5 Å². The molecule has 0 aliphatic carbocycles. The summed E-state index contributed by atoms with van der Waals surface area (Å²) in [6, 6.07) is 5.16. The Hall–Kier alpha value is -1.85. The Kier molecular flexibility index (Phi) is 3.22. The quantitative estimate of drug-likeness (QED) is 0.456. The van der Waals surface area contributed by atoms with E-state index in [9.17, 15) is 0 Å². The Morgan fingerprint density at radius 1 is 1.64 bits per heavy atom. The van der Waals surface area contributed by atoms with Gasteiger partial charge >= 0.3 is 0 Å². The summed E-state index contributed by atoms with van der Waals surface area (Å²) in [6.07, 6.45) is 0. The van der Waals surface area contributed by atoms with Crippen molar-refractivity contribution < 1.29 is 4.74 Å². The van der Waals surface area contributed by atoms with Crippen molar-refractivity contribution in [1.29, 1.82) is 5.26 Å². The average Bonchev–Trinajstić information content (AvgIpc) is 2.20. The molecule has 1 aromatic rings. The largest absolute Gasteiger partial charge is 0.495 e. The van der Waals surface area contributed by atoms with Crippen LogP contribution in [0.4, 0.5) is 5.69 Å². The Labute approximate surface area is 86.2 Å². The first kappa shape index (κ1) is 10.2. The van der Waals surface area contributed by atoms with Crippen LogP contribution >= 0.6 is 11.9 Å². The van der Waals surface area contributed by atoms with Crippen LogP contribution in [0.5, 0.6) is 5.75 Å². The Bertz CT molecular complexity index is 431. The highest BCUT2D eigenvalue weighted by Crippen LogP contribution is 2.31. The summed E-state index contributed by atoms with van der Waals surface area (Å²) in [7, 11) is 1.47. The summed E-state index contributed by atoms with van der Waals surface area (Å²) < 4.78 is 8.13. The molecule has 0 bridgehead atoms. The maximum absolute atomic E-state index is 8.76. The third-order valence-electron chi connectivity index (χ3n) is 1.61. The summed E-state index contributed by atoms with van der Waals surface area (Å²) in [5, 5.41) is 8.76. The molecule has 70 valence electrons. The summed E-state index contributed by atoms with van der Waals surface area (Å²) in [5.74, 6) is 0.426. The minimum absolute atomic E-state index is 0.310. The van der Waals surface area contributed by atoms with Crippen LogP contribution in [0.2, 0.25) is 0 Å². The molecule has 5 heteroatoms. The van der Waals surface area contributed by atoms with E-state index in [1.165, 1.54) is 7.11 Å². The van der Waals surface area contributed by atoms with Crippen LogP contribution in [-0.2, 0) is 0 Å². The van der Waals surface area contributed by atoms with Crippen molar-refractivity contribution in [3.8, 4) is 11.8 Å². The first-order valence-corrected chi connectivity index (χ1v) is 4.41. The highest BCUT2D eigenvalue weighted by atomic mass is 32.2. The molecule has 14 heavy (non-hydrogen) atoms. The molecular weight excluding hydrogens is 198 g/mol. The van der Waals surface area contributed by atoms with E-state index < -0.39 is 0 Å². The van der Waals surface area contributed by atoms with Crippen LogP contribution in [0.1, 0.15) is 5.56 Å². The van der Waals surface area contributed by atoms with Gasteiger partial charge in [-0.15, -0.1) is 0 Å². The smallest absolute Gasteiger partial charge is 0.294 e. The second kappa shape index (κ2) is 4.40. The summed E-state index contributed by atoms with van der Waals surface area (Å²) in [5.41, 5.74) is 6.27. The van der Waals surface area contributed by atoms with E-state index in [2.05, 4.69) is 4.25 Å². The maximum atomic E-state index is 8.76. The van der Waals surface area contributed by atoms with Crippen molar-refractivity contribution in [2.24, 2.45) is 0 Å². The number of rotatable bonds is 2. The zero-order valence-corrected chi connectivity index (χ0v) is 8.26. The lowest BCUT2D eigenvalue weighted by Gasteiger charge is -2.05. The van der Waals surface area contributed by atoms with Crippen molar-refractivity contribution in [2.75, 3.05) is 12.8 Å². The molecule has 2 N–H and O–H groups in total. The molecule has 0 fully saturated rings. The minimum atomic E-state index is 0.310. The Morgan fingerprint density at radius 3 is 2.86 bits per heavy atom. The third kappa shape index (κ3) is 1.90. The SMILES string of the molecule is [C-]#[N+]Sc1cc(C#N)c(N)c(OC)c1. The number of anilines is 1. The summed E-state index contributed by atoms with van der Waals surface area (Å²) in [4.78, 5) is 0.655. The monoisotopic (exact) mass is 205 g/mol. The highest BCUT2D eigenvalue weighted by Gasteiger charge is 2.10. The lowest BCUT2D eigenvalue weighted by atomic mass is 10.2. The van der Waals surface area contributed by atoms with Gasteiger partial charge in [-0.3, -0.25) is 0 Å². The molecule has 0 aliphatic rings. The van der Waals surface area contributed by atoms with E-state index in [-0.39, 0.29) is 0 Å². The van der Waals surface area contributed by atoms with Gasteiger partial charge in [0.1, 0.15) is 11.8 Å². The minimum Gasteiger partial charge on any atom is -0.495 e. The van der Waals surface area contributed by atoms with Crippen LogP contribution < -0.4 is 10.5 Å². The fourth-order valence-electron chi connectivity index (χ4n) is 0.968. The average molecular weight is 205 g/mol. The predicted octanol–water partition coefficient (Wildman–Crippen LogP) is 2.08. The molecular formula is C9H7N3OS. The molecule has 0 aromatic heterocycles. The molecule has 0 saturated carbocycles. The molecule has 0 aliphatic heterocycles. The first-order chi connectivity index (χ1) is 6.72. The van der Waals surface area contributed by atoms with Crippen molar-refractivity contribution >= 4 is 17.6 Å². The number of ether oxygens (including phenoxy) is 1. The van der Waals surface area contributed by atoms with Crippen LogP contribution in [0, 0.1) is 17.9 Å². The molecule has 0 atom stereocenters. The number of hydrogen-bond donors (Lipinski definition) is 1. The predicted molar refractivity (Wildman–Crippen MR) is 54.6 cm³/mol. The molecule has 0 amide bonds. The zero-order valence-electron chi connectivity index (χ0n) is 7.44. The van der Waals surface area contributed by atoms with E-state index in [4.69, 9.17) is 22.3 Å². The van der Waals surface area contributed by atoms with Gasteiger partial charge in [0.2, 0.25) is 0 Å². The topological polar surface area (TPSA) is 63.4 Å². The van der Waals surface area contributed by atoms with Gasteiger partial charge in [-0.25, -0.2) is 10.8 Å². The van der Waals surface area contributed by atoms with Gasteiger partial charge in [0.25, 0.3) is 11.9 Å². The molecule has 0 saturated heterocycles. The lowest BCUT2D eigenvalue weighted by Crippen LogP contribution is -1.96. The second-order valence-electron chi connectivity index (χ2n) is 2.38. The number of nitrogens with zero attached hydrogens (tertiary/aromatic N) is 2. The van der Waals surface area contributed by atoms with E-state index >= 15 is 0 Å². The van der Waals surface area contributed by atoms with E-state index in [0.29, 0.717) is 21.9 Å². The fraction of sp³-hybridized carbons (Fsp3) is 0.111. The van der Waals surface area contributed by atoms with Gasteiger partial charge in [-0.05, 0) is 6.07 Å². The van der Waals surface area contributed by atoms with Gasteiger partial charge in [0.05, 0.1) is 23.3 Å². The zero-order chi connectivity index (χ0) is 10.6. The first-order valence-electron chi connectivity index (χ1n) is 3.64. The van der Waals surface area contributed by atoms with Crippen LogP contribution in [0.25, 0.3) is 4.25 Å². The van der Waals surface area contributed by atoms with E-state index in [1.54, 1.807) is 12.1 Å². The number of methoxy groups -OCH3 is 1. The van der Waals surface area contributed by atoms with Gasteiger partial charge in [0, 0.05) is 6.07 Å². The van der Waals surface area contributed by atoms with E-state index in [1.807, 2.05) is 6.07 Å².